The Labute approximate surface area is 89.1 Å². The average molecular weight is 202 g/mol. The molecule has 78 valence electrons. The number of aromatic nitrogens is 1. The van der Waals surface area contributed by atoms with Crippen LogP contribution in [0.2, 0.25) is 0 Å². The molecule has 0 aliphatic carbocycles. The van der Waals surface area contributed by atoms with E-state index in [9.17, 15) is 0 Å². The smallest absolute Gasteiger partial charge is 0.225 e. The van der Waals surface area contributed by atoms with Gasteiger partial charge in [-0.3, -0.25) is 0 Å². The molecule has 1 aromatic carbocycles. The summed E-state index contributed by atoms with van der Waals surface area (Å²) in [6, 6.07) is 8.46. The van der Waals surface area contributed by atoms with Gasteiger partial charge in [0.05, 0.1) is 6.20 Å². The van der Waals surface area contributed by atoms with Gasteiger partial charge in [0, 0.05) is 17.3 Å². The van der Waals surface area contributed by atoms with E-state index in [0.717, 1.165) is 11.3 Å². The van der Waals surface area contributed by atoms with Gasteiger partial charge in [0.2, 0.25) is 5.89 Å². The summed E-state index contributed by atoms with van der Waals surface area (Å²) in [5, 5.41) is 3.34. The van der Waals surface area contributed by atoms with Crippen LogP contribution in [0.3, 0.4) is 0 Å². The minimum absolute atomic E-state index is 0.421. The normalized spacial score (nSPS) is 10.6. The van der Waals surface area contributed by atoms with Gasteiger partial charge in [0.1, 0.15) is 6.26 Å². The zero-order valence-corrected chi connectivity index (χ0v) is 8.90. The molecule has 1 heterocycles. The van der Waals surface area contributed by atoms with Crippen LogP contribution in [0.15, 0.2) is 41.1 Å². The van der Waals surface area contributed by atoms with Crippen LogP contribution in [-0.4, -0.2) is 11.0 Å². The fourth-order valence-corrected chi connectivity index (χ4v) is 1.44. The minimum atomic E-state index is 0.421. The molecule has 0 radical (unpaired) electrons. The average Bonchev–Trinajstić information content (AvgIpc) is 2.69. The standard InChI is InChI=1S/C12H14N2O/c1-9(2)14-11-5-3-4-10(8-11)12-13-6-7-15-12/h3-9,14H,1-2H3. The van der Waals surface area contributed by atoms with E-state index in [0.29, 0.717) is 11.9 Å². The SMILES string of the molecule is CC(C)Nc1cccc(-c2ncco2)c1. The predicted molar refractivity (Wildman–Crippen MR) is 60.7 cm³/mol. The highest BCUT2D eigenvalue weighted by atomic mass is 16.3. The van der Waals surface area contributed by atoms with Crippen LogP contribution in [0.4, 0.5) is 5.69 Å². The van der Waals surface area contributed by atoms with Crippen LogP contribution in [0.5, 0.6) is 0 Å². The second-order valence-electron chi connectivity index (χ2n) is 3.72. The van der Waals surface area contributed by atoms with Crippen molar-refractivity contribution in [2.45, 2.75) is 19.9 Å². The molecule has 2 aromatic rings. The molecule has 0 aliphatic heterocycles. The maximum atomic E-state index is 5.24. The molecule has 0 amide bonds. The summed E-state index contributed by atoms with van der Waals surface area (Å²) < 4.78 is 5.24. The molecular formula is C12H14N2O. The lowest BCUT2D eigenvalue weighted by Gasteiger charge is -2.10. The first kappa shape index (κ1) is 9.77. The van der Waals surface area contributed by atoms with E-state index >= 15 is 0 Å². The van der Waals surface area contributed by atoms with Gasteiger partial charge in [-0.05, 0) is 32.0 Å². The number of hydrogen-bond acceptors (Lipinski definition) is 3. The third-order valence-electron chi connectivity index (χ3n) is 2.00. The number of nitrogens with zero attached hydrogens (tertiary/aromatic N) is 1. The first-order valence-corrected chi connectivity index (χ1v) is 5.02. The Balaban J connectivity index is 2.27. The first-order valence-electron chi connectivity index (χ1n) is 5.02. The lowest BCUT2D eigenvalue weighted by Crippen LogP contribution is -2.09. The van der Waals surface area contributed by atoms with E-state index in [1.54, 1.807) is 12.5 Å². The predicted octanol–water partition coefficient (Wildman–Crippen LogP) is 3.16. The van der Waals surface area contributed by atoms with Gasteiger partial charge in [-0.15, -0.1) is 0 Å². The van der Waals surface area contributed by atoms with E-state index < -0.39 is 0 Å². The number of benzene rings is 1. The number of oxazole rings is 1. The second kappa shape index (κ2) is 4.17. The number of rotatable bonds is 3. The zero-order chi connectivity index (χ0) is 10.7. The molecule has 0 saturated carbocycles. The van der Waals surface area contributed by atoms with Crippen LogP contribution in [-0.2, 0) is 0 Å². The Morgan fingerprint density at radius 2 is 2.20 bits per heavy atom. The molecule has 0 spiro atoms. The van der Waals surface area contributed by atoms with Crippen molar-refractivity contribution >= 4 is 5.69 Å². The molecule has 1 aromatic heterocycles. The molecule has 0 aliphatic rings. The van der Waals surface area contributed by atoms with Crippen molar-refractivity contribution in [2.75, 3.05) is 5.32 Å². The van der Waals surface area contributed by atoms with Gasteiger partial charge in [-0.2, -0.15) is 0 Å². The summed E-state index contributed by atoms with van der Waals surface area (Å²) in [4.78, 5) is 4.11. The molecule has 0 atom stereocenters. The topological polar surface area (TPSA) is 38.1 Å². The number of nitrogens with one attached hydrogen (secondary N) is 1. The van der Waals surface area contributed by atoms with Gasteiger partial charge in [0.15, 0.2) is 0 Å². The Bertz CT molecular complexity index is 421. The first-order chi connectivity index (χ1) is 7.25. The Morgan fingerprint density at radius 1 is 1.33 bits per heavy atom. The van der Waals surface area contributed by atoms with Crippen molar-refractivity contribution in [3.63, 3.8) is 0 Å². The summed E-state index contributed by atoms with van der Waals surface area (Å²) in [5.41, 5.74) is 2.08. The van der Waals surface area contributed by atoms with Gasteiger partial charge in [-0.1, -0.05) is 6.07 Å². The van der Waals surface area contributed by atoms with Crippen LogP contribution >= 0.6 is 0 Å². The van der Waals surface area contributed by atoms with Crippen molar-refractivity contribution in [1.29, 1.82) is 0 Å². The molecule has 0 saturated heterocycles. The van der Waals surface area contributed by atoms with Crippen molar-refractivity contribution in [1.82, 2.24) is 4.98 Å². The van der Waals surface area contributed by atoms with Crippen molar-refractivity contribution in [2.24, 2.45) is 0 Å². The molecule has 3 nitrogen and oxygen atoms in total. The fraction of sp³-hybridized carbons (Fsp3) is 0.250. The fourth-order valence-electron chi connectivity index (χ4n) is 1.44. The van der Waals surface area contributed by atoms with Crippen LogP contribution < -0.4 is 5.32 Å². The molecule has 2 rings (SSSR count). The third-order valence-corrected chi connectivity index (χ3v) is 2.00. The van der Waals surface area contributed by atoms with Gasteiger partial charge < -0.3 is 9.73 Å². The molecule has 15 heavy (non-hydrogen) atoms. The van der Waals surface area contributed by atoms with E-state index in [2.05, 4.69) is 24.1 Å². The van der Waals surface area contributed by atoms with E-state index in [-0.39, 0.29) is 0 Å². The second-order valence-corrected chi connectivity index (χ2v) is 3.72. The van der Waals surface area contributed by atoms with Gasteiger partial charge in [-0.25, -0.2) is 4.98 Å². The van der Waals surface area contributed by atoms with Crippen molar-refractivity contribution in [3.8, 4) is 11.5 Å². The van der Waals surface area contributed by atoms with Crippen LogP contribution in [0.25, 0.3) is 11.5 Å². The molecule has 3 heteroatoms. The largest absolute Gasteiger partial charge is 0.445 e. The number of anilines is 1. The molecule has 0 unspecified atom stereocenters. The van der Waals surface area contributed by atoms with Crippen molar-refractivity contribution in [3.05, 3.63) is 36.7 Å². The van der Waals surface area contributed by atoms with E-state index in [1.807, 2.05) is 24.3 Å². The summed E-state index contributed by atoms with van der Waals surface area (Å²) in [7, 11) is 0. The van der Waals surface area contributed by atoms with Gasteiger partial charge in [0.25, 0.3) is 0 Å². The third kappa shape index (κ3) is 2.37. The highest BCUT2D eigenvalue weighted by Gasteiger charge is 2.03. The van der Waals surface area contributed by atoms with Crippen LogP contribution in [0.1, 0.15) is 13.8 Å². The quantitative estimate of drug-likeness (QED) is 0.830. The monoisotopic (exact) mass is 202 g/mol. The molecule has 1 N–H and O–H groups in total. The Morgan fingerprint density at radius 3 is 2.87 bits per heavy atom. The summed E-state index contributed by atoms with van der Waals surface area (Å²) >= 11 is 0. The Hall–Kier alpha value is -1.77. The maximum absolute atomic E-state index is 5.24. The van der Waals surface area contributed by atoms with E-state index in [4.69, 9.17) is 4.42 Å². The zero-order valence-electron chi connectivity index (χ0n) is 8.90. The molecule has 0 bridgehead atoms. The lowest BCUT2D eigenvalue weighted by atomic mass is 10.2. The maximum Gasteiger partial charge on any atom is 0.225 e. The minimum Gasteiger partial charge on any atom is -0.445 e. The highest BCUT2D eigenvalue weighted by molar-refractivity contribution is 5.61. The summed E-state index contributed by atoms with van der Waals surface area (Å²) in [6.07, 6.45) is 3.23. The van der Waals surface area contributed by atoms with Crippen LogP contribution in [0, 0.1) is 0 Å². The highest BCUT2D eigenvalue weighted by Crippen LogP contribution is 2.21. The number of hydrogen-bond donors (Lipinski definition) is 1. The van der Waals surface area contributed by atoms with E-state index in [1.165, 1.54) is 0 Å². The summed E-state index contributed by atoms with van der Waals surface area (Å²) in [6.45, 7) is 4.22. The lowest BCUT2D eigenvalue weighted by molar-refractivity contribution is 0.574. The molecule has 0 fully saturated rings. The Kier molecular flexibility index (Phi) is 2.72. The van der Waals surface area contributed by atoms with Gasteiger partial charge >= 0.3 is 0 Å². The molecular weight excluding hydrogens is 188 g/mol. The summed E-state index contributed by atoms with van der Waals surface area (Å²) in [5.74, 6) is 0.655. The van der Waals surface area contributed by atoms with Crippen molar-refractivity contribution < 1.29 is 4.42 Å².